The number of hydrogen-bond donors (Lipinski definition) is 1. The zero-order chi connectivity index (χ0) is 19.6. The van der Waals surface area contributed by atoms with Crippen LogP contribution in [-0.2, 0) is 4.79 Å². The van der Waals surface area contributed by atoms with Crippen molar-refractivity contribution in [3.63, 3.8) is 0 Å². The van der Waals surface area contributed by atoms with Crippen LogP contribution < -0.4 is 5.32 Å². The Morgan fingerprint density at radius 3 is 2.52 bits per heavy atom. The Bertz CT molecular complexity index is 938. The fourth-order valence-electron chi connectivity index (χ4n) is 3.47. The van der Waals surface area contributed by atoms with Crippen LogP contribution in [0.4, 0.5) is 5.69 Å². The summed E-state index contributed by atoms with van der Waals surface area (Å²) in [4.78, 5) is 16.9. The maximum Gasteiger partial charge on any atom is 0.224 e. The lowest BCUT2D eigenvalue weighted by Gasteiger charge is -2.22. The Morgan fingerprint density at radius 1 is 1.15 bits per heavy atom. The Balaban J connectivity index is 1.65. The SMILES string of the molecule is CC(CC(=O)Nc1ccc(-c2cn3cc(Br)ccc3n2)cc1)CC(C)(C)C. The molecule has 0 spiro atoms. The molecular weight excluding hydrogens is 402 g/mol. The third-order valence-electron chi connectivity index (χ3n) is 4.37. The van der Waals surface area contributed by atoms with Gasteiger partial charge in [0, 0.05) is 34.5 Å². The van der Waals surface area contributed by atoms with Gasteiger partial charge in [-0.1, -0.05) is 39.8 Å². The molecule has 142 valence electrons. The van der Waals surface area contributed by atoms with Crippen LogP contribution in [0.5, 0.6) is 0 Å². The summed E-state index contributed by atoms with van der Waals surface area (Å²) in [6.45, 7) is 8.75. The van der Waals surface area contributed by atoms with Crippen molar-refractivity contribution in [3.8, 4) is 11.3 Å². The first-order valence-electron chi connectivity index (χ1n) is 9.24. The van der Waals surface area contributed by atoms with E-state index in [2.05, 4.69) is 53.9 Å². The third kappa shape index (κ3) is 5.42. The fraction of sp³-hybridized carbons (Fsp3) is 0.364. The Labute approximate surface area is 169 Å². The van der Waals surface area contributed by atoms with E-state index in [1.807, 2.05) is 53.2 Å². The van der Waals surface area contributed by atoms with Gasteiger partial charge in [-0.15, -0.1) is 0 Å². The van der Waals surface area contributed by atoms with Gasteiger partial charge in [-0.25, -0.2) is 4.98 Å². The van der Waals surface area contributed by atoms with Gasteiger partial charge >= 0.3 is 0 Å². The summed E-state index contributed by atoms with van der Waals surface area (Å²) < 4.78 is 3.00. The average molecular weight is 428 g/mol. The first-order valence-corrected chi connectivity index (χ1v) is 10.0. The smallest absolute Gasteiger partial charge is 0.224 e. The number of fused-ring (bicyclic) bond motifs is 1. The number of benzene rings is 1. The molecule has 2 heterocycles. The Kier molecular flexibility index (Phi) is 5.70. The molecule has 3 rings (SSSR count). The predicted octanol–water partition coefficient (Wildman–Crippen LogP) is 6.16. The van der Waals surface area contributed by atoms with Gasteiger partial charge in [0.25, 0.3) is 0 Å². The normalized spacial score (nSPS) is 12.9. The number of pyridine rings is 1. The summed E-state index contributed by atoms with van der Waals surface area (Å²) in [5.41, 5.74) is 3.89. The average Bonchev–Trinajstić information content (AvgIpc) is 2.96. The van der Waals surface area contributed by atoms with E-state index in [-0.39, 0.29) is 11.3 Å². The number of halogens is 1. The molecule has 0 aliphatic rings. The summed E-state index contributed by atoms with van der Waals surface area (Å²) in [6, 6.07) is 11.8. The number of nitrogens with zero attached hydrogens (tertiary/aromatic N) is 2. The van der Waals surface area contributed by atoms with Crippen molar-refractivity contribution in [1.29, 1.82) is 0 Å². The zero-order valence-electron chi connectivity index (χ0n) is 16.3. The molecule has 1 atom stereocenters. The maximum atomic E-state index is 12.3. The minimum atomic E-state index is 0.0667. The highest BCUT2D eigenvalue weighted by atomic mass is 79.9. The first-order chi connectivity index (χ1) is 12.7. The van der Waals surface area contributed by atoms with Crippen LogP contribution in [-0.4, -0.2) is 15.3 Å². The molecule has 0 radical (unpaired) electrons. The largest absolute Gasteiger partial charge is 0.326 e. The molecule has 0 bridgehead atoms. The molecule has 1 N–H and O–H groups in total. The molecule has 1 unspecified atom stereocenters. The van der Waals surface area contributed by atoms with Crippen molar-refractivity contribution < 1.29 is 4.79 Å². The predicted molar refractivity (Wildman–Crippen MR) is 115 cm³/mol. The zero-order valence-corrected chi connectivity index (χ0v) is 17.9. The lowest BCUT2D eigenvalue weighted by atomic mass is 9.84. The summed E-state index contributed by atoms with van der Waals surface area (Å²) in [7, 11) is 0. The molecule has 0 fully saturated rings. The molecule has 0 saturated heterocycles. The number of carbonyl (C=O) groups excluding carboxylic acids is 1. The molecule has 2 aromatic heterocycles. The van der Waals surface area contributed by atoms with Gasteiger partial charge in [0.1, 0.15) is 5.65 Å². The third-order valence-corrected chi connectivity index (χ3v) is 4.84. The van der Waals surface area contributed by atoms with Crippen molar-refractivity contribution in [1.82, 2.24) is 9.38 Å². The van der Waals surface area contributed by atoms with E-state index in [1.165, 1.54) is 0 Å². The van der Waals surface area contributed by atoms with Gasteiger partial charge in [-0.2, -0.15) is 0 Å². The number of nitrogens with one attached hydrogen (secondary N) is 1. The minimum Gasteiger partial charge on any atom is -0.326 e. The number of aromatic nitrogens is 2. The number of anilines is 1. The molecule has 1 amide bonds. The highest BCUT2D eigenvalue weighted by Gasteiger charge is 2.17. The van der Waals surface area contributed by atoms with E-state index >= 15 is 0 Å². The fourth-order valence-corrected chi connectivity index (χ4v) is 3.83. The van der Waals surface area contributed by atoms with E-state index in [1.54, 1.807) is 0 Å². The quantitative estimate of drug-likeness (QED) is 0.529. The molecular formula is C22H26BrN3O. The highest BCUT2D eigenvalue weighted by molar-refractivity contribution is 9.10. The number of imidazole rings is 1. The number of rotatable bonds is 5. The van der Waals surface area contributed by atoms with Crippen molar-refractivity contribution in [3.05, 3.63) is 53.3 Å². The molecule has 5 heteroatoms. The number of carbonyl (C=O) groups is 1. The van der Waals surface area contributed by atoms with Gasteiger partial charge in [-0.3, -0.25) is 4.79 Å². The first kappa shape index (κ1) is 19.6. The van der Waals surface area contributed by atoms with Crippen LogP contribution in [0.1, 0.15) is 40.5 Å². The van der Waals surface area contributed by atoms with Gasteiger partial charge in [0.2, 0.25) is 5.91 Å². The maximum absolute atomic E-state index is 12.3. The second-order valence-electron chi connectivity index (χ2n) is 8.44. The van der Waals surface area contributed by atoms with Gasteiger partial charge in [-0.05, 0) is 57.9 Å². The summed E-state index contributed by atoms with van der Waals surface area (Å²) in [6.07, 6.45) is 5.56. The number of hydrogen-bond acceptors (Lipinski definition) is 2. The number of amides is 1. The second-order valence-corrected chi connectivity index (χ2v) is 9.35. The Hall–Kier alpha value is -2.14. The van der Waals surface area contributed by atoms with Crippen molar-refractivity contribution in [2.24, 2.45) is 11.3 Å². The molecule has 4 nitrogen and oxygen atoms in total. The van der Waals surface area contributed by atoms with Crippen molar-refractivity contribution in [2.75, 3.05) is 5.32 Å². The van der Waals surface area contributed by atoms with E-state index in [9.17, 15) is 4.79 Å². The van der Waals surface area contributed by atoms with E-state index in [0.29, 0.717) is 12.3 Å². The standard InChI is InChI=1S/C22H26BrN3O/c1-15(12-22(2,3)4)11-21(27)24-18-8-5-16(6-9-18)19-14-26-13-17(23)7-10-20(26)25-19/h5-10,13-15H,11-12H2,1-4H3,(H,24,27). The van der Waals surface area contributed by atoms with Crippen molar-refractivity contribution in [2.45, 2.75) is 40.5 Å². The Morgan fingerprint density at radius 2 is 1.85 bits per heavy atom. The van der Waals surface area contributed by atoms with E-state index in [0.717, 1.165) is 33.5 Å². The minimum absolute atomic E-state index is 0.0667. The molecule has 3 aromatic rings. The molecule has 27 heavy (non-hydrogen) atoms. The second kappa shape index (κ2) is 7.85. The van der Waals surface area contributed by atoms with Gasteiger partial charge in [0.15, 0.2) is 0 Å². The lowest BCUT2D eigenvalue weighted by molar-refractivity contribution is -0.117. The molecule has 0 aliphatic heterocycles. The van der Waals surface area contributed by atoms with Crippen LogP contribution in [0.3, 0.4) is 0 Å². The van der Waals surface area contributed by atoms with Gasteiger partial charge < -0.3 is 9.72 Å². The summed E-state index contributed by atoms with van der Waals surface area (Å²) >= 11 is 3.47. The van der Waals surface area contributed by atoms with Crippen LogP contribution in [0.15, 0.2) is 53.3 Å². The van der Waals surface area contributed by atoms with Gasteiger partial charge in [0.05, 0.1) is 5.69 Å². The van der Waals surface area contributed by atoms with E-state index in [4.69, 9.17) is 0 Å². The molecule has 0 saturated carbocycles. The van der Waals surface area contributed by atoms with Crippen LogP contribution in [0.2, 0.25) is 0 Å². The van der Waals surface area contributed by atoms with Crippen molar-refractivity contribution >= 4 is 33.2 Å². The monoisotopic (exact) mass is 427 g/mol. The van der Waals surface area contributed by atoms with Crippen LogP contribution >= 0.6 is 15.9 Å². The topological polar surface area (TPSA) is 46.4 Å². The van der Waals surface area contributed by atoms with Crippen LogP contribution in [0.25, 0.3) is 16.9 Å². The van der Waals surface area contributed by atoms with Crippen LogP contribution in [0, 0.1) is 11.3 Å². The summed E-state index contributed by atoms with van der Waals surface area (Å²) in [5.74, 6) is 0.429. The lowest BCUT2D eigenvalue weighted by Crippen LogP contribution is -2.18. The highest BCUT2D eigenvalue weighted by Crippen LogP contribution is 2.26. The van der Waals surface area contributed by atoms with E-state index < -0.39 is 0 Å². The molecule has 1 aromatic carbocycles. The summed E-state index contributed by atoms with van der Waals surface area (Å²) in [5, 5.41) is 3.00. The molecule has 0 aliphatic carbocycles.